The predicted octanol–water partition coefficient (Wildman–Crippen LogP) is 4.06. The number of amides is 1. The van der Waals surface area contributed by atoms with E-state index in [4.69, 9.17) is 23.2 Å². The fourth-order valence-electron chi connectivity index (χ4n) is 1.57. The maximum absolute atomic E-state index is 13.0. The summed E-state index contributed by atoms with van der Waals surface area (Å²) in [6.07, 6.45) is 0. The zero-order valence-electron chi connectivity index (χ0n) is 9.79. The molecule has 2 aromatic rings. The van der Waals surface area contributed by atoms with Crippen LogP contribution in [0.3, 0.4) is 0 Å². The summed E-state index contributed by atoms with van der Waals surface area (Å²) in [7, 11) is 0. The Morgan fingerprint density at radius 1 is 1.16 bits per heavy atom. The molecule has 0 heterocycles. The minimum Gasteiger partial charge on any atom is -0.348 e. The maximum atomic E-state index is 13.0. The van der Waals surface area contributed by atoms with Crippen LogP contribution in [0.15, 0.2) is 42.5 Å². The van der Waals surface area contributed by atoms with Crippen LogP contribution < -0.4 is 5.32 Å². The van der Waals surface area contributed by atoms with Gasteiger partial charge in [0.15, 0.2) is 0 Å². The molecule has 0 spiro atoms. The van der Waals surface area contributed by atoms with E-state index in [9.17, 15) is 9.18 Å². The molecule has 0 aliphatic carbocycles. The second kappa shape index (κ2) is 6.04. The molecule has 19 heavy (non-hydrogen) atoms. The SMILES string of the molecule is O=C(NCc1ccc(Cl)cc1Cl)c1cccc(F)c1. The van der Waals surface area contributed by atoms with E-state index >= 15 is 0 Å². The van der Waals surface area contributed by atoms with E-state index in [1.807, 2.05) is 0 Å². The Morgan fingerprint density at radius 3 is 2.63 bits per heavy atom. The van der Waals surface area contributed by atoms with Crippen molar-refractivity contribution in [3.8, 4) is 0 Å². The Kier molecular flexibility index (Phi) is 4.40. The minimum atomic E-state index is -0.447. The molecule has 5 heteroatoms. The monoisotopic (exact) mass is 297 g/mol. The summed E-state index contributed by atoms with van der Waals surface area (Å²) in [6, 6.07) is 10.5. The van der Waals surface area contributed by atoms with E-state index in [1.165, 1.54) is 18.2 Å². The molecular formula is C14H10Cl2FNO. The van der Waals surface area contributed by atoms with Crippen molar-refractivity contribution in [3.05, 3.63) is 69.5 Å². The first-order valence-corrected chi connectivity index (χ1v) is 6.29. The number of benzene rings is 2. The number of hydrogen-bond acceptors (Lipinski definition) is 1. The summed E-state index contributed by atoms with van der Waals surface area (Å²) in [5, 5.41) is 3.68. The van der Waals surface area contributed by atoms with E-state index in [-0.39, 0.29) is 18.0 Å². The van der Waals surface area contributed by atoms with Crippen molar-refractivity contribution in [2.75, 3.05) is 0 Å². The van der Waals surface area contributed by atoms with Gasteiger partial charge in [0.1, 0.15) is 5.82 Å². The highest BCUT2D eigenvalue weighted by Crippen LogP contribution is 2.20. The highest BCUT2D eigenvalue weighted by molar-refractivity contribution is 6.35. The second-order valence-corrected chi connectivity index (χ2v) is 4.77. The average Bonchev–Trinajstić information content (AvgIpc) is 2.37. The molecule has 2 aromatic carbocycles. The molecular weight excluding hydrogens is 288 g/mol. The Morgan fingerprint density at radius 2 is 1.95 bits per heavy atom. The van der Waals surface area contributed by atoms with E-state index in [0.29, 0.717) is 10.0 Å². The van der Waals surface area contributed by atoms with Crippen LogP contribution in [-0.4, -0.2) is 5.91 Å². The van der Waals surface area contributed by atoms with Gasteiger partial charge in [0.2, 0.25) is 0 Å². The number of carbonyl (C=O) groups is 1. The van der Waals surface area contributed by atoms with Gasteiger partial charge in [0, 0.05) is 22.2 Å². The predicted molar refractivity (Wildman–Crippen MR) is 74.0 cm³/mol. The first-order chi connectivity index (χ1) is 9.06. The molecule has 0 radical (unpaired) electrons. The third-order valence-corrected chi connectivity index (χ3v) is 3.13. The van der Waals surface area contributed by atoms with E-state index in [1.54, 1.807) is 24.3 Å². The summed E-state index contributed by atoms with van der Waals surface area (Å²) in [5.74, 6) is -0.803. The third kappa shape index (κ3) is 3.69. The van der Waals surface area contributed by atoms with Crippen LogP contribution in [0.5, 0.6) is 0 Å². The number of carbonyl (C=O) groups excluding carboxylic acids is 1. The zero-order valence-corrected chi connectivity index (χ0v) is 11.3. The Bertz CT molecular complexity index is 616. The average molecular weight is 298 g/mol. The lowest BCUT2D eigenvalue weighted by Gasteiger charge is -2.07. The molecule has 0 saturated heterocycles. The number of hydrogen-bond donors (Lipinski definition) is 1. The van der Waals surface area contributed by atoms with Gasteiger partial charge in [-0.25, -0.2) is 4.39 Å². The Labute approximate surface area is 120 Å². The van der Waals surface area contributed by atoms with Gasteiger partial charge in [-0.15, -0.1) is 0 Å². The van der Waals surface area contributed by atoms with E-state index in [0.717, 1.165) is 5.56 Å². The van der Waals surface area contributed by atoms with Gasteiger partial charge in [-0.05, 0) is 35.9 Å². The zero-order chi connectivity index (χ0) is 13.8. The minimum absolute atomic E-state index is 0.255. The van der Waals surface area contributed by atoms with Gasteiger partial charge in [-0.2, -0.15) is 0 Å². The van der Waals surface area contributed by atoms with Crippen LogP contribution in [-0.2, 0) is 6.54 Å². The van der Waals surface area contributed by atoms with Gasteiger partial charge in [0.25, 0.3) is 5.91 Å². The first kappa shape index (κ1) is 13.8. The summed E-state index contributed by atoms with van der Waals surface area (Å²) in [4.78, 5) is 11.8. The maximum Gasteiger partial charge on any atom is 0.251 e. The van der Waals surface area contributed by atoms with Crippen molar-refractivity contribution in [2.45, 2.75) is 6.54 Å². The van der Waals surface area contributed by atoms with Crippen LogP contribution in [0, 0.1) is 5.82 Å². The number of halogens is 3. The highest BCUT2D eigenvalue weighted by atomic mass is 35.5. The fraction of sp³-hybridized carbons (Fsp3) is 0.0714. The quantitative estimate of drug-likeness (QED) is 0.909. The molecule has 0 aliphatic heterocycles. The highest BCUT2D eigenvalue weighted by Gasteiger charge is 2.07. The van der Waals surface area contributed by atoms with Crippen LogP contribution >= 0.6 is 23.2 Å². The number of nitrogens with one attached hydrogen (secondary N) is 1. The molecule has 0 aliphatic rings. The smallest absolute Gasteiger partial charge is 0.251 e. The van der Waals surface area contributed by atoms with Crippen LogP contribution in [0.2, 0.25) is 10.0 Å². The van der Waals surface area contributed by atoms with Crippen molar-refractivity contribution in [3.63, 3.8) is 0 Å². The van der Waals surface area contributed by atoms with Gasteiger partial charge < -0.3 is 5.32 Å². The largest absolute Gasteiger partial charge is 0.348 e. The second-order valence-electron chi connectivity index (χ2n) is 3.93. The van der Waals surface area contributed by atoms with Crippen molar-refractivity contribution < 1.29 is 9.18 Å². The summed E-state index contributed by atoms with van der Waals surface area (Å²) in [6.45, 7) is 0.255. The van der Waals surface area contributed by atoms with Gasteiger partial charge in [0.05, 0.1) is 0 Å². The third-order valence-electron chi connectivity index (χ3n) is 2.54. The summed E-state index contributed by atoms with van der Waals surface area (Å²) < 4.78 is 13.0. The summed E-state index contributed by atoms with van der Waals surface area (Å²) >= 11 is 11.8. The van der Waals surface area contributed by atoms with Crippen molar-refractivity contribution in [1.29, 1.82) is 0 Å². The number of rotatable bonds is 3. The van der Waals surface area contributed by atoms with Crippen molar-refractivity contribution in [1.82, 2.24) is 5.32 Å². The molecule has 2 nitrogen and oxygen atoms in total. The van der Waals surface area contributed by atoms with Crippen LogP contribution in [0.25, 0.3) is 0 Å². The Balaban J connectivity index is 2.04. The molecule has 0 fully saturated rings. The van der Waals surface area contributed by atoms with Crippen molar-refractivity contribution >= 4 is 29.1 Å². The topological polar surface area (TPSA) is 29.1 Å². The molecule has 0 saturated carbocycles. The molecule has 1 amide bonds. The van der Waals surface area contributed by atoms with Gasteiger partial charge in [-0.1, -0.05) is 35.3 Å². The lowest BCUT2D eigenvalue weighted by Crippen LogP contribution is -2.23. The standard InChI is InChI=1S/C14H10Cl2FNO/c15-11-5-4-10(13(16)7-11)8-18-14(19)9-2-1-3-12(17)6-9/h1-7H,8H2,(H,18,19). The van der Waals surface area contributed by atoms with Crippen LogP contribution in [0.4, 0.5) is 4.39 Å². The van der Waals surface area contributed by atoms with Gasteiger partial charge >= 0.3 is 0 Å². The molecule has 1 N–H and O–H groups in total. The first-order valence-electron chi connectivity index (χ1n) is 5.54. The van der Waals surface area contributed by atoms with E-state index < -0.39 is 5.82 Å². The lowest BCUT2D eigenvalue weighted by molar-refractivity contribution is 0.0950. The molecule has 2 rings (SSSR count). The van der Waals surface area contributed by atoms with Gasteiger partial charge in [-0.3, -0.25) is 4.79 Å². The molecule has 0 unspecified atom stereocenters. The normalized spacial score (nSPS) is 10.3. The fourth-order valence-corrected chi connectivity index (χ4v) is 2.05. The summed E-state index contributed by atoms with van der Waals surface area (Å²) in [5.41, 5.74) is 1.01. The van der Waals surface area contributed by atoms with Crippen molar-refractivity contribution in [2.24, 2.45) is 0 Å². The van der Waals surface area contributed by atoms with Crippen LogP contribution in [0.1, 0.15) is 15.9 Å². The van der Waals surface area contributed by atoms with E-state index in [2.05, 4.69) is 5.32 Å². The lowest BCUT2D eigenvalue weighted by atomic mass is 10.2. The molecule has 0 aromatic heterocycles. The Hall–Kier alpha value is -1.58. The molecule has 0 atom stereocenters. The molecule has 0 bridgehead atoms. The molecule has 98 valence electrons.